The Hall–Kier alpha value is -0.920. The van der Waals surface area contributed by atoms with E-state index in [4.69, 9.17) is 0 Å². The van der Waals surface area contributed by atoms with Crippen LogP contribution >= 0.6 is 0 Å². The second kappa shape index (κ2) is 8.64. The minimum absolute atomic E-state index is 0.203. The van der Waals surface area contributed by atoms with E-state index in [1.54, 1.807) is 20.0 Å². The lowest BCUT2D eigenvalue weighted by Gasteiger charge is -2.32. The van der Waals surface area contributed by atoms with Gasteiger partial charge in [0.25, 0.3) is 0 Å². The molecule has 0 radical (unpaired) electrons. The number of hydrogen-bond acceptors (Lipinski definition) is 5. The lowest BCUT2D eigenvalue weighted by atomic mass is 9.99. The predicted molar refractivity (Wildman–Crippen MR) is 99.1 cm³/mol. The van der Waals surface area contributed by atoms with E-state index in [9.17, 15) is 13.5 Å². The fraction of sp³-hybridized carbons (Fsp3) is 0.833. The number of imidazole rings is 1. The minimum Gasteiger partial charge on any atom is -0.396 e. The van der Waals surface area contributed by atoms with Crippen molar-refractivity contribution in [2.45, 2.75) is 70.5 Å². The highest BCUT2D eigenvalue weighted by Crippen LogP contribution is 2.22. The summed E-state index contributed by atoms with van der Waals surface area (Å²) in [7, 11) is -3.40. The van der Waals surface area contributed by atoms with Crippen LogP contribution in [0.1, 0.15) is 52.7 Å². The van der Waals surface area contributed by atoms with E-state index in [0.717, 1.165) is 38.0 Å². The van der Waals surface area contributed by atoms with Crippen LogP contribution in [0.2, 0.25) is 0 Å². The van der Waals surface area contributed by atoms with Crippen molar-refractivity contribution in [1.29, 1.82) is 0 Å². The predicted octanol–water partition coefficient (Wildman–Crippen LogP) is 2.32. The summed E-state index contributed by atoms with van der Waals surface area (Å²) in [6.45, 7) is 11.1. The molecule has 1 N–H and O–H groups in total. The highest BCUT2D eigenvalue weighted by atomic mass is 32.2. The van der Waals surface area contributed by atoms with Gasteiger partial charge in [-0.1, -0.05) is 13.8 Å². The molecule has 0 aliphatic carbocycles. The molecule has 0 bridgehead atoms. The summed E-state index contributed by atoms with van der Waals surface area (Å²) in [5.41, 5.74) is 0.957. The van der Waals surface area contributed by atoms with Crippen molar-refractivity contribution in [3.05, 3.63) is 11.9 Å². The van der Waals surface area contributed by atoms with Gasteiger partial charge in [-0.15, -0.1) is 0 Å². The molecule has 1 aliphatic heterocycles. The Bertz CT molecular complexity index is 653. The zero-order valence-corrected chi connectivity index (χ0v) is 16.8. The summed E-state index contributed by atoms with van der Waals surface area (Å²) in [5, 5.41) is 9.15. The largest absolute Gasteiger partial charge is 0.396 e. The molecule has 0 amide bonds. The van der Waals surface area contributed by atoms with Crippen molar-refractivity contribution >= 4 is 9.84 Å². The highest BCUT2D eigenvalue weighted by molar-refractivity contribution is 7.91. The average molecular weight is 372 g/mol. The first-order valence-corrected chi connectivity index (χ1v) is 10.9. The van der Waals surface area contributed by atoms with Crippen LogP contribution in [-0.4, -0.2) is 52.9 Å². The topological polar surface area (TPSA) is 75.4 Å². The number of nitrogens with zero attached hydrogens (tertiary/aromatic N) is 3. The Morgan fingerprint density at radius 2 is 2.04 bits per heavy atom. The van der Waals surface area contributed by atoms with Crippen LogP contribution in [0.15, 0.2) is 11.4 Å². The van der Waals surface area contributed by atoms with E-state index >= 15 is 0 Å². The number of aliphatic hydroxyl groups is 1. The zero-order chi connectivity index (χ0) is 18.6. The molecule has 1 saturated heterocycles. The van der Waals surface area contributed by atoms with Gasteiger partial charge in [0.2, 0.25) is 15.0 Å². The van der Waals surface area contributed by atoms with Crippen LogP contribution in [0, 0.1) is 11.8 Å². The normalized spacial score (nSPS) is 19.9. The molecular formula is C18H33N3O3S. The lowest BCUT2D eigenvalue weighted by Crippen LogP contribution is -2.37. The second-order valence-electron chi connectivity index (χ2n) is 7.89. The van der Waals surface area contributed by atoms with E-state index in [1.165, 1.54) is 0 Å². The van der Waals surface area contributed by atoms with Gasteiger partial charge in [0.15, 0.2) is 0 Å². The smallest absolute Gasteiger partial charge is 0.228 e. The van der Waals surface area contributed by atoms with E-state index in [-0.39, 0.29) is 11.8 Å². The van der Waals surface area contributed by atoms with Gasteiger partial charge in [0.1, 0.15) is 0 Å². The first kappa shape index (κ1) is 20.4. The SMILES string of the molecule is CC(C)CCn1c(CN2CCCC(CO)C2)cnc1S(=O)(=O)C(C)C. The number of likely N-dealkylation sites (tertiary alicyclic amines) is 1. The van der Waals surface area contributed by atoms with Crippen LogP contribution < -0.4 is 0 Å². The molecule has 0 aromatic carbocycles. The van der Waals surface area contributed by atoms with Crippen LogP contribution in [0.25, 0.3) is 0 Å². The Morgan fingerprint density at radius 1 is 1.32 bits per heavy atom. The van der Waals surface area contributed by atoms with Crippen LogP contribution in [0.3, 0.4) is 0 Å². The van der Waals surface area contributed by atoms with Gasteiger partial charge in [-0.2, -0.15) is 0 Å². The lowest BCUT2D eigenvalue weighted by molar-refractivity contribution is 0.114. The molecule has 2 rings (SSSR count). The maximum absolute atomic E-state index is 12.7. The minimum atomic E-state index is -3.40. The Balaban J connectivity index is 2.26. The van der Waals surface area contributed by atoms with Crippen LogP contribution in [0.4, 0.5) is 0 Å². The van der Waals surface area contributed by atoms with E-state index < -0.39 is 15.1 Å². The third-order valence-electron chi connectivity index (χ3n) is 4.95. The molecule has 2 heterocycles. The molecule has 144 valence electrons. The molecule has 25 heavy (non-hydrogen) atoms. The summed E-state index contributed by atoms with van der Waals surface area (Å²) in [4.78, 5) is 6.60. The fourth-order valence-corrected chi connectivity index (χ4v) is 4.39. The summed E-state index contributed by atoms with van der Waals surface area (Å²) in [6.07, 6.45) is 4.77. The van der Waals surface area contributed by atoms with Crippen LogP contribution in [0.5, 0.6) is 0 Å². The Morgan fingerprint density at radius 3 is 2.64 bits per heavy atom. The molecule has 1 unspecified atom stereocenters. The molecule has 6 nitrogen and oxygen atoms in total. The number of aromatic nitrogens is 2. The van der Waals surface area contributed by atoms with Crippen molar-refractivity contribution < 1.29 is 13.5 Å². The van der Waals surface area contributed by atoms with Crippen molar-refractivity contribution in [2.24, 2.45) is 11.8 Å². The van der Waals surface area contributed by atoms with Crippen LogP contribution in [-0.2, 0) is 22.9 Å². The Kier molecular flexibility index (Phi) is 7.05. The molecule has 0 saturated carbocycles. The third kappa shape index (κ3) is 5.05. The Labute approximate surface area is 152 Å². The van der Waals surface area contributed by atoms with Gasteiger partial charge < -0.3 is 9.67 Å². The van der Waals surface area contributed by atoms with Gasteiger partial charge in [0, 0.05) is 26.2 Å². The summed E-state index contributed by atoms with van der Waals surface area (Å²) in [6, 6.07) is 0. The standard InChI is InChI=1S/C18H33N3O3S/c1-14(2)7-9-21-17(10-19-18(21)25(23,24)15(3)4)12-20-8-5-6-16(11-20)13-22/h10,14-16,22H,5-9,11-13H2,1-4H3. The van der Waals surface area contributed by atoms with Gasteiger partial charge >= 0.3 is 0 Å². The average Bonchev–Trinajstić information content (AvgIpc) is 2.96. The number of rotatable bonds is 8. The van der Waals surface area contributed by atoms with E-state index in [0.29, 0.717) is 24.9 Å². The first-order chi connectivity index (χ1) is 11.8. The van der Waals surface area contributed by atoms with Gasteiger partial charge in [0.05, 0.1) is 17.1 Å². The first-order valence-electron chi connectivity index (χ1n) is 9.37. The van der Waals surface area contributed by atoms with Crippen molar-refractivity contribution in [2.75, 3.05) is 19.7 Å². The quantitative estimate of drug-likeness (QED) is 0.759. The molecule has 1 aromatic rings. The second-order valence-corrected chi connectivity index (χ2v) is 10.3. The fourth-order valence-electron chi connectivity index (χ4n) is 3.26. The van der Waals surface area contributed by atoms with Gasteiger partial charge in [-0.25, -0.2) is 13.4 Å². The number of sulfone groups is 1. The summed E-state index contributed by atoms with van der Waals surface area (Å²) >= 11 is 0. The van der Waals surface area contributed by atoms with Crippen molar-refractivity contribution in [1.82, 2.24) is 14.5 Å². The molecule has 1 atom stereocenters. The monoisotopic (exact) mass is 371 g/mol. The summed E-state index contributed by atoms with van der Waals surface area (Å²) < 4.78 is 27.2. The number of aliphatic hydroxyl groups excluding tert-OH is 1. The number of hydrogen-bond donors (Lipinski definition) is 1. The molecule has 1 aromatic heterocycles. The maximum Gasteiger partial charge on any atom is 0.228 e. The number of piperidine rings is 1. The molecule has 7 heteroatoms. The van der Waals surface area contributed by atoms with Gasteiger partial charge in [-0.05, 0) is 51.5 Å². The molecular weight excluding hydrogens is 338 g/mol. The van der Waals surface area contributed by atoms with E-state index in [1.807, 2.05) is 4.57 Å². The molecule has 1 fully saturated rings. The van der Waals surface area contributed by atoms with Gasteiger partial charge in [-0.3, -0.25) is 4.90 Å². The van der Waals surface area contributed by atoms with Crippen molar-refractivity contribution in [3.8, 4) is 0 Å². The molecule has 1 aliphatic rings. The van der Waals surface area contributed by atoms with E-state index in [2.05, 4.69) is 23.7 Å². The maximum atomic E-state index is 12.7. The van der Waals surface area contributed by atoms with Crippen molar-refractivity contribution in [3.63, 3.8) is 0 Å². The zero-order valence-electron chi connectivity index (χ0n) is 16.0. The molecule has 0 spiro atoms. The third-order valence-corrected chi connectivity index (χ3v) is 7.03. The highest BCUT2D eigenvalue weighted by Gasteiger charge is 2.28. The summed E-state index contributed by atoms with van der Waals surface area (Å²) in [5.74, 6) is 0.818.